The van der Waals surface area contributed by atoms with E-state index < -0.39 is 41.9 Å². The number of benzene rings is 1. The summed E-state index contributed by atoms with van der Waals surface area (Å²) in [6, 6.07) is 2.47. The van der Waals surface area contributed by atoms with Crippen LogP contribution in [0.3, 0.4) is 0 Å². The fourth-order valence-corrected chi connectivity index (χ4v) is 5.06. The number of nitrogens with one attached hydrogen (secondary N) is 1. The minimum absolute atomic E-state index is 0.0152. The highest BCUT2D eigenvalue weighted by molar-refractivity contribution is 5.99. The summed E-state index contributed by atoms with van der Waals surface area (Å²) in [5.74, 6) is -1.62. The number of hydrogen-bond acceptors (Lipinski definition) is 9. The molecule has 2 fully saturated rings. The molecule has 1 saturated heterocycles. The van der Waals surface area contributed by atoms with Crippen molar-refractivity contribution in [2.24, 2.45) is 11.7 Å². The molecule has 1 unspecified atom stereocenters. The van der Waals surface area contributed by atoms with Gasteiger partial charge in [-0.1, -0.05) is 6.08 Å². The molecule has 228 valence electrons. The molecule has 0 bridgehead atoms. The Morgan fingerprint density at radius 2 is 1.98 bits per heavy atom. The van der Waals surface area contributed by atoms with Gasteiger partial charge in [0.25, 0.3) is 5.91 Å². The first-order valence-electron chi connectivity index (χ1n) is 13.7. The van der Waals surface area contributed by atoms with Crippen molar-refractivity contribution in [1.82, 2.24) is 20.2 Å². The second-order valence-corrected chi connectivity index (χ2v) is 10.3. The maximum Gasteiger partial charge on any atom is 0.433 e. The molecule has 0 spiro atoms. The largest absolute Gasteiger partial charge is 0.494 e. The fraction of sp³-hybridized carbons (Fsp3) is 0.414. The quantitative estimate of drug-likeness (QED) is 0.276. The Morgan fingerprint density at radius 3 is 2.60 bits per heavy atom. The van der Waals surface area contributed by atoms with Gasteiger partial charge < -0.3 is 29.8 Å². The summed E-state index contributed by atoms with van der Waals surface area (Å²) in [4.78, 5) is 48.7. The van der Waals surface area contributed by atoms with E-state index in [1.54, 1.807) is 6.92 Å². The Kier molecular flexibility index (Phi) is 8.14. The Bertz CT molecular complexity index is 1580. The van der Waals surface area contributed by atoms with Crippen LogP contribution in [-0.2, 0) is 20.5 Å². The number of aromatic nitrogens is 2. The lowest BCUT2D eigenvalue weighted by atomic mass is 10.1. The van der Waals surface area contributed by atoms with Gasteiger partial charge in [0.15, 0.2) is 11.5 Å². The molecule has 3 heterocycles. The summed E-state index contributed by atoms with van der Waals surface area (Å²) in [6.45, 7) is 5.41. The summed E-state index contributed by atoms with van der Waals surface area (Å²) < 4.78 is 56.6. The molecular formula is C29H30F3N5O6. The predicted octanol–water partition coefficient (Wildman–Crippen LogP) is 3.78. The number of ether oxygens (including phenoxy) is 2. The highest BCUT2D eigenvalue weighted by Gasteiger charge is 2.44. The van der Waals surface area contributed by atoms with Crippen LogP contribution in [0.1, 0.15) is 54.2 Å². The number of likely N-dealkylation sites (tertiary alicyclic amines) is 1. The number of alkyl halides is 3. The van der Waals surface area contributed by atoms with Crippen LogP contribution in [0.4, 0.5) is 13.2 Å². The second kappa shape index (κ2) is 11.7. The normalized spacial score (nSPS) is 19.3. The summed E-state index contributed by atoms with van der Waals surface area (Å²) in [5, 5.41) is 3.13. The molecule has 1 aliphatic carbocycles. The Morgan fingerprint density at radius 1 is 1.23 bits per heavy atom. The number of esters is 1. The highest BCUT2D eigenvalue weighted by Crippen LogP contribution is 2.38. The maximum absolute atomic E-state index is 14.0. The van der Waals surface area contributed by atoms with Crippen LogP contribution in [0, 0.1) is 5.92 Å². The minimum Gasteiger partial charge on any atom is -0.494 e. The summed E-state index contributed by atoms with van der Waals surface area (Å²) in [5.41, 5.74) is 5.00. The molecule has 0 radical (unpaired) electrons. The van der Waals surface area contributed by atoms with E-state index in [1.807, 2.05) is 0 Å². The number of hydrogen-bond donors (Lipinski definition) is 2. The summed E-state index contributed by atoms with van der Waals surface area (Å²) >= 11 is 0. The van der Waals surface area contributed by atoms with Crippen LogP contribution < -0.4 is 15.8 Å². The van der Waals surface area contributed by atoms with Gasteiger partial charge in [-0.25, -0.2) is 14.8 Å². The molecule has 43 heavy (non-hydrogen) atoms. The number of carbonyl (C=O) groups is 3. The Hall–Kier alpha value is -4.46. The lowest BCUT2D eigenvalue weighted by Crippen LogP contribution is -2.43. The third-order valence-electron chi connectivity index (χ3n) is 7.39. The van der Waals surface area contributed by atoms with Gasteiger partial charge in [-0.15, -0.1) is 6.58 Å². The van der Waals surface area contributed by atoms with Crippen molar-refractivity contribution in [3.05, 3.63) is 54.1 Å². The van der Waals surface area contributed by atoms with E-state index in [-0.39, 0.29) is 71.0 Å². The molecule has 1 aliphatic heterocycles. The number of methoxy groups -OCH3 is 1. The Balaban J connectivity index is 1.56. The van der Waals surface area contributed by atoms with Crippen LogP contribution in [-0.4, -0.2) is 65.0 Å². The van der Waals surface area contributed by atoms with Crippen molar-refractivity contribution in [3.8, 4) is 17.2 Å². The standard InChI is InChI=1S/C29H30F3N5O6/c1-4-18(33)24-23(27(39)37-13-15(34-25(38)14-6-7-14)12-19(37)28(40)42-5-2)36-26(43-24)17-8-10-20(41-3)22-16(17)9-11-21(35-22)29(30,31)32/h4,8-11,14-15,18-19H,1,5-7,12-13,33H2,2-3H3,(H,34,38)/t15-,18?,19+/m1/s1. The van der Waals surface area contributed by atoms with Gasteiger partial charge in [0.05, 0.1) is 19.8 Å². The van der Waals surface area contributed by atoms with E-state index in [4.69, 9.17) is 19.6 Å². The number of pyridine rings is 1. The number of carbonyl (C=O) groups excluding carboxylic acids is 3. The van der Waals surface area contributed by atoms with Crippen LogP contribution in [0.15, 0.2) is 41.3 Å². The zero-order valence-electron chi connectivity index (χ0n) is 23.4. The molecule has 2 aliphatic rings. The molecule has 14 heteroatoms. The third-order valence-corrected chi connectivity index (χ3v) is 7.39. The van der Waals surface area contributed by atoms with Crippen molar-refractivity contribution < 1.29 is 41.4 Å². The highest BCUT2D eigenvalue weighted by atomic mass is 19.4. The predicted molar refractivity (Wildman–Crippen MR) is 147 cm³/mol. The zero-order chi connectivity index (χ0) is 31.1. The lowest BCUT2D eigenvalue weighted by molar-refractivity contribution is -0.147. The van der Waals surface area contributed by atoms with Crippen molar-refractivity contribution in [1.29, 1.82) is 0 Å². The van der Waals surface area contributed by atoms with E-state index in [0.717, 1.165) is 18.9 Å². The zero-order valence-corrected chi connectivity index (χ0v) is 23.4. The molecule has 3 N–H and O–H groups in total. The fourth-order valence-electron chi connectivity index (χ4n) is 5.06. The topological polar surface area (TPSA) is 150 Å². The molecule has 3 aromatic rings. The molecule has 1 saturated carbocycles. The van der Waals surface area contributed by atoms with Gasteiger partial charge in [-0.2, -0.15) is 13.2 Å². The van der Waals surface area contributed by atoms with Crippen molar-refractivity contribution in [2.75, 3.05) is 20.3 Å². The van der Waals surface area contributed by atoms with E-state index in [2.05, 4.69) is 21.9 Å². The van der Waals surface area contributed by atoms with Crippen molar-refractivity contribution in [3.63, 3.8) is 0 Å². The summed E-state index contributed by atoms with van der Waals surface area (Å²) in [6.07, 6.45) is -1.63. The molecule has 11 nitrogen and oxygen atoms in total. The van der Waals surface area contributed by atoms with E-state index >= 15 is 0 Å². The number of rotatable bonds is 9. The average molecular weight is 602 g/mol. The monoisotopic (exact) mass is 601 g/mol. The maximum atomic E-state index is 14.0. The second-order valence-electron chi connectivity index (χ2n) is 10.3. The molecule has 3 atom stereocenters. The molecule has 2 amide bonds. The third kappa shape index (κ3) is 5.91. The number of amides is 2. The van der Waals surface area contributed by atoms with Crippen LogP contribution in [0.25, 0.3) is 22.4 Å². The molecule has 1 aromatic carbocycles. The number of nitrogens with two attached hydrogens (primary N) is 1. The SMILES string of the molecule is C=CC(N)c1oc(-c2ccc(OC)c3nc(C(F)(F)F)ccc23)nc1C(=O)N1C[C@H](NC(=O)C2CC2)C[C@H]1C(=O)OCC. The van der Waals surface area contributed by atoms with Crippen LogP contribution in [0.5, 0.6) is 5.75 Å². The first kappa shape index (κ1) is 30.0. The van der Waals surface area contributed by atoms with Crippen molar-refractivity contribution >= 4 is 28.7 Å². The average Bonchev–Trinajstić information content (AvgIpc) is 3.61. The Labute approximate surface area is 244 Å². The van der Waals surface area contributed by atoms with Crippen LogP contribution in [0.2, 0.25) is 0 Å². The molecular weight excluding hydrogens is 571 g/mol. The van der Waals surface area contributed by atoms with Gasteiger partial charge in [-0.3, -0.25) is 9.59 Å². The van der Waals surface area contributed by atoms with E-state index in [0.29, 0.717) is 0 Å². The molecule has 5 rings (SSSR count). The molecule has 2 aromatic heterocycles. The van der Waals surface area contributed by atoms with Gasteiger partial charge >= 0.3 is 12.1 Å². The van der Waals surface area contributed by atoms with Crippen molar-refractivity contribution in [2.45, 2.75) is 50.5 Å². The number of oxazole rings is 1. The van der Waals surface area contributed by atoms with Gasteiger partial charge in [0.1, 0.15) is 23.0 Å². The van der Waals surface area contributed by atoms with Gasteiger partial charge in [-0.05, 0) is 44.0 Å². The van der Waals surface area contributed by atoms with Gasteiger partial charge in [0.2, 0.25) is 11.8 Å². The van der Waals surface area contributed by atoms with E-state index in [1.165, 1.54) is 36.3 Å². The van der Waals surface area contributed by atoms with Crippen LogP contribution >= 0.6 is 0 Å². The number of nitrogens with zero attached hydrogens (tertiary/aromatic N) is 3. The summed E-state index contributed by atoms with van der Waals surface area (Å²) in [7, 11) is 1.30. The first-order chi connectivity index (χ1) is 20.5. The minimum atomic E-state index is -4.69. The van der Waals surface area contributed by atoms with Gasteiger partial charge in [0, 0.05) is 35.9 Å². The first-order valence-corrected chi connectivity index (χ1v) is 13.7. The number of fused-ring (bicyclic) bond motifs is 1. The number of halogens is 3. The smallest absolute Gasteiger partial charge is 0.433 e. The van der Waals surface area contributed by atoms with E-state index in [9.17, 15) is 27.6 Å². The lowest BCUT2D eigenvalue weighted by Gasteiger charge is -2.22.